The molecule has 1 aromatic rings. The maximum Gasteiger partial charge on any atom is 0.514 e. The Labute approximate surface area is 113 Å². The monoisotopic (exact) mass is 262 g/mol. The Bertz CT molecular complexity index is 547. The van der Waals surface area contributed by atoms with E-state index < -0.39 is 18.3 Å². The zero-order chi connectivity index (χ0) is 13.8. The van der Waals surface area contributed by atoms with E-state index in [0.717, 1.165) is 18.4 Å². The minimum atomic E-state index is -0.521. The minimum absolute atomic E-state index is 0.0743. The van der Waals surface area contributed by atoms with Gasteiger partial charge in [0.1, 0.15) is 0 Å². The lowest BCUT2D eigenvalue weighted by molar-refractivity contribution is 0.00578. The van der Waals surface area contributed by atoms with Crippen LogP contribution in [-0.4, -0.2) is 27.9 Å². The van der Waals surface area contributed by atoms with Gasteiger partial charge in [-0.1, -0.05) is 0 Å². The van der Waals surface area contributed by atoms with Gasteiger partial charge in [0.05, 0.1) is 23.0 Å². The summed E-state index contributed by atoms with van der Waals surface area (Å²) in [6, 6.07) is 0.282. The van der Waals surface area contributed by atoms with Crippen LogP contribution in [0.3, 0.4) is 0 Å². The van der Waals surface area contributed by atoms with Gasteiger partial charge in [0.15, 0.2) is 0 Å². The fourth-order valence-electron chi connectivity index (χ4n) is 2.29. The second-order valence-electron chi connectivity index (χ2n) is 6.36. The molecule has 5 nitrogen and oxygen atoms in total. The molecule has 3 rings (SSSR count). The molecule has 0 bridgehead atoms. The Morgan fingerprint density at radius 2 is 1.79 bits per heavy atom. The van der Waals surface area contributed by atoms with E-state index in [1.807, 2.05) is 27.7 Å². The fraction of sp³-hybridized carbons (Fsp3) is 0.692. The molecular weight excluding hydrogens is 243 g/mol. The highest BCUT2D eigenvalue weighted by Crippen LogP contribution is 2.37. The van der Waals surface area contributed by atoms with E-state index in [4.69, 9.17) is 9.31 Å². The van der Waals surface area contributed by atoms with Crippen LogP contribution in [0.5, 0.6) is 0 Å². The van der Waals surface area contributed by atoms with E-state index in [2.05, 4.69) is 4.98 Å². The molecule has 1 saturated carbocycles. The van der Waals surface area contributed by atoms with Gasteiger partial charge in [-0.25, -0.2) is 0 Å². The van der Waals surface area contributed by atoms with Crippen LogP contribution in [0, 0.1) is 0 Å². The van der Waals surface area contributed by atoms with Gasteiger partial charge >= 0.3 is 7.12 Å². The molecule has 0 atom stereocenters. The van der Waals surface area contributed by atoms with E-state index in [9.17, 15) is 4.79 Å². The largest absolute Gasteiger partial charge is 0.514 e. The average molecular weight is 262 g/mol. The van der Waals surface area contributed by atoms with Crippen molar-refractivity contribution in [2.24, 2.45) is 0 Å². The van der Waals surface area contributed by atoms with Crippen molar-refractivity contribution in [3.63, 3.8) is 0 Å². The van der Waals surface area contributed by atoms with Gasteiger partial charge in [0.2, 0.25) is 0 Å². The van der Waals surface area contributed by atoms with Crippen LogP contribution in [0.15, 0.2) is 17.2 Å². The number of nitrogens with zero attached hydrogens (tertiary/aromatic N) is 2. The fourth-order valence-corrected chi connectivity index (χ4v) is 2.29. The molecule has 2 aliphatic rings. The second-order valence-corrected chi connectivity index (χ2v) is 6.36. The van der Waals surface area contributed by atoms with E-state index in [1.54, 1.807) is 10.8 Å². The summed E-state index contributed by atoms with van der Waals surface area (Å²) in [5, 5.41) is 0. The van der Waals surface area contributed by atoms with Gasteiger partial charge in [-0.2, -0.15) is 0 Å². The molecule has 0 spiro atoms. The van der Waals surface area contributed by atoms with Crippen LogP contribution in [0.25, 0.3) is 0 Å². The molecule has 2 fully saturated rings. The van der Waals surface area contributed by atoms with Crippen molar-refractivity contribution in [3.8, 4) is 0 Å². The first-order valence-corrected chi connectivity index (χ1v) is 6.74. The zero-order valence-electron chi connectivity index (χ0n) is 11.8. The van der Waals surface area contributed by atoms with Gasteiger partial charge < -0.3 is 13.9 Å². The molecule has 0 amide bonds. The molecule has 0 radical (unpaired) electrons. The predicted molar refractivity (Wildman–Crippen MR) is 72.5 cm³/mol. The summed E-state index contributed by atoms with van der Waals surface area (Å²) in [5.74, 6) is 0. The summed E-state index contributed by atoms with van der Waals surface area (Å²) < 4.78 is 13.8. The van der Waals surface area contributed by atoms with Crippen LogP contribution in [0.1, 0.15) is 46.6 Å². The van der Waals surface area contributed by atoms with E-state index in [0.29, 0.717) is 0 Å². The van der Waals surface area contributed by atoms with Crippen molar-refractivity contribution >= 4 is 12.7 Å². The Hall–Kier alpha value is -1.14. The summed E-state index contributed by atoms with van der Waals surface area (Å²) in [7, 11) is -0.521. The summed E-state index contributed by atoms with van der Waals surface area (Å²) in [6.07, 6.45) is 5.11. The van der Waals surface area contributed by atoms with E-state index in [-0.39, 0.29) is 11.6 Å². The van der Waals surface area contributed by atoms with Crippen molar-refractivity contribution < 1.29 is 9.31 Å². The van der Waals surface area contributed by atoms with Gasteiger partial charge in [0.25, 0.3) is 5.56 Å². The van der Waals surface area contributed by atoms with Gasteiger partial charge in [-0.3, -0.25) is 9.78 Å². The third kappa shape index (κ3) is 2.03. The minimum Gasteiger partial charge on any atom is -0.398 e. The number of aromatic nitrogens is 2. The molecule has 1 aliphatic carbocycles. The lowest BCUT2D eigenvalue weighted by Gasteiger charge is -2.32. The first-order valence-electron chi connectivity index (χ1n) is 6.74. The summed E-state index contributed by atoms with van der Waals surface area (Å²) in [5.41, 5.74) is -0.154. The van der Waals surface area contributed by atoms with Crippen LogP contribution in [0.4, 0.5) is 0 Å². The highest BCUT2D eigenvalue weighted by atomic mass is 16.7. The number of hydrogen-bond acceptors (Lipinski definition) is 4. The van der Waals surface area contributed by atoms with E-state index in [1.165, 1.54) is 6.20 Å². The standard InChI is InChI=1S/C13H19BN2O3/c1-12(2)13(3,4)19-14(18-12)10-7-15-8-11(17)16(10)9-5-6-9/h7-9H,5-6H2,1-4H3. The van der Waals surface area contributed by atoms with Crippen molar-refractivity contribution in [1.82, 2.24) is 9.55 Å². The average Bonchev–Trinajstić information content (AvgIpc) is 3.07. The highest BCUT2D eigenvalue weighted by molar-refractivity contribution is 6.61. The van der Waals surface area contributed by atoms with Gasteiger partial charge in [0, 0.05) is 12.2 Å². The maximum absolute atomic E-state index is 12.0. The lowest BCUT2D eigenvalue weighted by atomic mass is 9.84. The topological polar surface area (TPSA) is 53.3 Å². The molecule has 6 heteroatoms. The van der Waals surface area contributed by atoms with Crippen molar-refractivity contribution in [3.05, 3.63) is 22.7 Å². The molecule has 1 aliphatic heterocycles. The maximum atomic E-state index is 12.0. The Balaban J connectivity index is 2.01. The molecule has 19 heavy (non-hydrogen) atoms. The summed E-state index contributed by atoms with van der Waals surface area (Å²) in [4.78, 5) is 16.0. The third-order valence-electron chi connectivity index (χ3n) is 4.31. The second kappa shape index (κ2) is 3.93. The third-order valence-corrected chi connectivity index (χ3v) is 4.31. The van der Waals surface area contributed by atoms with Crippen LogP contribution < -0.4 is 11.2 Å². The predicted octanol–water partition coefficient (Wildman–Crippen LogP) is 0.877. The first-order chi connectivity index (χ1) is 8.82. The van der Waals surface area contributed by atoms with Gasteiger partial charge in [-0.15, -0.1) is 0 Å². The van der Waals surface area contributed by atoms with Crippen LogP contribution in [-0.2, 0) is 9.31 Å². The molecule has 1 saturated heterocycles. The molecule has 0 aromatic carbocycles. The lowest BCUT2D eigenvalue weighted by Crippen LogP contribution is -2.45. The Morgan fingerprint density at radius 1 is 1.21 bits per heavy atom. The van der Waals surface area contributed by atoms with E-state index >= 15 is 0 Å². The SMILES string of the molecule is CC1(C)OB(c2cncc(=O)n2C2CC2)OC1(C)C. The van der Waals surface area contributed by atoms with Crippen molar-refractivity contribution in [2.75, 3.05) is 0 Å². The number of rotatable bonds is 2. The van der Waals surface area contributed by atoms with Crippen molar-refractivity contribution in [2.45, 2.75) is 57.8 Å². The quantitative estimate of drug-likeness (QED) is 0.742. The van der Waals surface area contributed by atoms with Crippen LogP contribution >= 0.6 is 0 Å². The summed E-state index contributed by atoms with van der Waals surface area (Å²) >= 11 is 0. The normalized spacial score (nSPS) is 24.7. The molecule has 102 valence electrons. The van der Waals surface area contributed by atoms with Gasteiger partial charge in [-0.05, 0) is 40.5 Å². The molecule has 1 aromatic heterocycles. The zero-order valence-corrected chi connectivity index (χ0v) is 11.8. The Morgan fingerprint density at radius 3 is 2.32 bits per heavy atom. The Kier molecular flexibility index (Phi) is 2.66. The smallest absolute Gasteiger partial charge is 0.398 e. The highest BCUT2D eigenvalue weighted by Gasteiger charge is 2.53. The molecule has 0 unspecified atom stereocenters. The summed E-state index contributed by atoms with van der Waals surface area (Å²) in [6.45, 7) is 8.01. The first kappa shape index (κ1) is 12.9. The van der Waals surface area contributed by atoms with Crippen molar-refractivity contribution in [1.29, 1.82) is 0 Å². The van der Waals surface area contributed by atoms with Crippen LogP contribution in [0.2, 0.25) is 0 Å². The molecule has 0 N–H and O–H groups in total. The molecular formula is C13H19BN2O3. The molecule has 2 heterocycles. The number of hydrogen-bond donors (Lipinski definition) is 0.